The molecule has 0 saturated carbocycles. The average molecular weight is 476 g/mol. The molecule has 0 aliphatic heterocycles. The molecule has 0 radical (unpaired) electrons. The van der Waals surface area contributed by atoms with Crippen molar-refractivity contribution in [3.8, 4) is 0 Å². The predicted octanol–water partition coefficient (Wildman–Crippen LogP) is 4.17. The van der Waals surface area contributed by atoms with E-state index in [0.717, 1.165) is 6.07 Å². The van der Waals surface area contributed by atoms with Gasteiger partial charge in [-0.2, -0.15) is 0 Å². The monoisotopic (exact) mass is 475 g/mol. The third-order valence-electron chi connectivity index (χ3n) is 4.34. The van der Waals surface area contributed by atoms with Crippen LogP contribution in [0.3, 0.4) is 0 Å². The van der Waals surface area contributed by atoms with Crippen molar-refractivity contribution >= 4 is 44.8 Å². The zero-order chi connectivity index (χ0) is 23.3. The summed E-state index contributed by atoms with van der Waals surface area (Å²) in [5, 5.41) is 5.08. The van der Waals surface area contributed by atoms with Crippen LogP contribution in [0.5, 0.6) is 0 Å². The van der Waals surface area contributed by atoms with Crippen molar-refractivity contribution in [2.24, 2.45) is 0 Å². The van der Waals surface area contributed by atoms with Crippen LogP contribution in [0.2, 0.25) is 5.02 Å². The van der Waals surface area contributed by atoms with E-state index in [2.05, 4.69) is 15.4 Å². The molecule has 3 rings (SSSR count). The Kier molecular flexibility index (Phi) is 7.24. The number of halogens is 2. The number of carbonyl (C=O) groups excluding carboxylic acids is 2. The summed E-state index contributed by atoms with van der Waals surface area (Å²) in [5.41, 5.74) is 1.83. The third kappa shape index (κ3) is 6.13. The zero-order valence-corrected chi connectivity index (χ0v) is 18.4. The van der Waals surface area contributed by atoms with Gasteiger partial charge in [-0.25, -0.2) is 17.5 Å². The fraction of sp³-hybridized carbons (Fsp3) is 0.0909. The second-order valence-corrected chi connectivity index (χ2v) is 8.98. The van der Waals surface area contributed by atoms with E-state index in [9.17, 15) is 22.4 Å². The zero-order valence-electron chi connectivity index (χ0n) is 16.9. The van der Waals surface area contributed by atoms with Gasteiger partial charge in [0.25, 0.3) is 5.91 Å². The van der Waals surface area contributed by atoms with E-state index >= 15 is 0 Å². The highest BCUT2D eigenvalue weighted by atomic mass is 35.5. The summed E-state index contributed by atoms with van der Waals surface area (Å²) in [5.74, 6) is -1.25. The van der Waals surface area contributed by atoms with Gasteiger partial charge in [-0.1, -0.05) is 23.7 Å². The summed E-state index contributed by atoms with van der Waals surface area (Å²) in [6, 6.07) is 16.0. The number of hydrogen-bond acceptors (Lipinski definition) is 4. The number of anilines is 2. The molecule has 0 aromatic heterocycles. The third-order valence-corrected chi connectivity index (χ3v) is 6.05. The van der Waals surface area contributed by atoms with Crippen LogP contribution in [-0.2, 0) is 21.4 Å². The maximum Gasteiger partial charge on any atom is 0.255 e. The van der Waals surface area contributed by atoms with Crippen LogP contribution in [0.25, 0.3) is 0 Å². The van der Waals surface area contributed by atoms with Crippen LogP contribution in [0.4, 0.5) is 15.8 Å². The van der Waals surface area contributed by atoms with Gasteiger partial charge < -0.3 is 10.6 Å². The average Bonchev–Trinajstić information content (AvgIpc) is 2.75. The molecular formula is C22H19ClFN3O4S. The van der Waals surface area contributed by atoms with Gasteiger partial charge in [-0.15, -0.1) is 0 Å². The van der Waals surface area contributed by atoms with Crippen LogP contribution < -0.4 is 15.4 Å². The molecule has 0 unspecified atom stereocenters. The van der Waals surface area contributed by atoms with Gasteiger partial charge in [-0.3, -0.25) is 9.59 Å². The quantitative estimate of drug-likeness (QED) is 0.477. The van der Waals surface area contributed by atoms with Gasteiger partial charge in [0.1, 0.15) is 5.82 Å². The molecule has 0 spiro atoms. The summed E-state index contributed by atoms with van der Waals surface area (Å²) in [6.45, 7) is 1.38. The Labute approximate surface area is 189 Å². The molecule has 7 nitrogen and oxygen atoms in total. The molecule has 3 aromatic rings. The van der Waals surface area contributed by atoms with Crippen molar-refractivity contribution in [2.45, 2.75) is 18.4 Å². The Morgan fingerprint density at radius 1 is 0.906 bits per heavy atom. The molecule has 0 aliphatic carbocycles. The smallest absolute Gasteiger partial charge is 0.255 e. The summed E-state index contributed by atoms with van der Waals surface area (Å²) < 4.78 is 40.6. The fourth-order valence-electron chi connectivity index (χ4n) is 2.73. The first-order valence-corrected chi connectivity index (χ1v) is 11.2. The highest BCUT2D eigenvalue weighted by molar-refractivity contribution is 7.89. The van der Waals surface area contributed by atoms with Crippen LogP contribution in [0.15, 0.2) is 71.6 Å². The molecule has 10 heteroatoms. The number of amides is 2. The molecule has 0 saturated heterocycles. The van der Waals surface area contributed by atoms with Gasteiger partial charge in [0.2, 0.25) is 15.9 Å². The lowest BCUT2D eigenvalue weighted by atomic mass is 10.1. The molecule has 0 fully saturated rings. The van der Waals surface area contributed by atoms with E-state index < -0.39 is 21.7 Å². The van der Waals surface area contributed by atoms with E-state index in [1.807, 2.05) is 0 Å². The second kappa shape index (κ2) is 9.90. The largest absolute Gasteiger partial charge is 0.326 e. The van der Waals surface area contributed by atoms with Gasteiger partial charge in [0.05, 0.1) is 9.92 Å². The fourth-order valence-corrected chi connectivity index (χ4v) is 3.93. The molecule has 166 valence electrons. The van der Waals surface area contributed by atoms with Gasteiger partial charge in [0, 0.05) is 30.4 Å². The molecule has 0 atom stereocenters. The minimum Gasteiger partial charge on any atom is -0.326 e. The highest BCUT2D eigenvalue weighted by Gasteiger charge is 2.14. The van der Waals surface area contributed by atoms with Crippen molar-refractivity contribution in [3.05, 3.63) is 88.7 Å². The Hall–Kier alpha value is -3.27. The van der Waals surface area contributed by atoms with Crippen molar-refractivity contribution in [1.82, 2.24) is 4.72 Å². The summed E-state index contributed by atoms with van der Waals surface area (Å²) >= 11 is 5.71. The number of benzene rings is 3. The molecule has 32 heavy (non-hydrogen) atoms. The van der Waals surface area contributed by atoms with Crippen LogP contribution >= 0.6 is 11.6 Å². The van der Waals surface area contributed by atoms with Gasteiger partial charge in [-0.05, 0) is 60.2 Å². The lowest BCUT2D eigenvalue weighted by Gasteiger charge is -2.09. The van der Waals surface area contributed by atoms with Crippen molar-refractivity contribution in [3.63, 3.8) is 0 Å². The Morgan fingerprint density at radius 2 is 1.53 bits per heavy atom. The van der Waals surface area contributed by atoms with E-state index in [1.54, 1.807) is 24.3 Å². The maximum absolute atomic E-state index is 13.2. The van der Waals surface area contributed by atoms with Crippen molar-refractivity contribution < 1.29 is 22.4 Å². The first-order chi connectivity index (χ1) is 15.1. The molecule has 0 heterocycles. The number of carbonyl (C=O) groups is 2. The molecule has 2 amide bonds. The standard InChI is InChI=1S/C22H19ClFN3O4S/c1-14(28)26-17-6-9-19(10-7-17)32(30,31)25-13-15-2-4-16(5-3-15)22(29)27-18-8-11-21(24)20(23)12-18/h2-12,25H,13H2,1H3,(H,26,28)(H,27,29). The Bertz CT molecular complexity index is 1250. The van der Waals surface area contributed by atoms with E-state index in [0.29, 0.717) is 22.5 Å². The van der Waals surface area contributed by atoms with Gasteiger partial charge >= 0.3 is 0 Å². The number of nitrogens with one attached hydrogen (secondary N) is 3. The van der Waals surface area contributed by atoms with Crippen molar-refractivity contribution in [2.75, 3.05) is 10.6 Å². The molecule has 3 N–H and O–H groups in total. The topological polar surface area (TPSA) is 104 Å². The molecular weight excluding hydrogens is 457 g/mol. The SMILES string of the molecule is CC(=O)Nc1ccc(S(=O)(=O)NCc2ccc(C(=O)Nc3ccc(F)c(Cl)c3)cc2)cc1. The lowest BCUT2D eigenvalue weighted by molar-refractivity contribution is -0.114. The summed E-state index contributed by atoms with van der Waals surface area (Å²) in [6.07, 6.45) is 0. The highest BCUT2D eigenvalue weighted by Crippen LogP contribution is 2.20. The Morgan fingerprint density at radius 3 is 2.12 bits per heavy atom. The van der Waals surface area contributed by atoms with E-state index in [-0.39, 0.29) is 22.4 Å². The number of hydrogen-bond donors (Lipinski definition) is 3. The maximum atomic E-state index is 13.2. The second-order valence-electron chi connectivity index (χ2n) is 6.81. The minimum absolute atomic E-state index is 0.0191. The minimum atomic E-state index is -3.76. The molecule has 0 bridgehead atoms. The first kappa shape index (κ1) is 23.4. The summed E-state index contributed by atoms with van der Waals surface area (Å²) in [4.78, 5) is 23.4. The van der Waals surface area contributed by atoms with Crippen molar-refractivity contribution in [1.29, 1.82) is 0 Å². The predicted molar refractivity (Wildman–Crippen MR) is 121 cm³/mol. The van der Waals surface area contributed by atoms with Crippen LogP contribution in [0.1, 0.15) is 22.8 Å². The van der Waals surface area contributed by atoms with E-state index in [4.69, 9.17) is 11.6 Å². The van der Waals surface area contributed by atoms with Crippen LogP contribution in [-0.4, -0.2) is 20.2 Å². The van der Waals surface area contributed by atoms with Gasteiger partial charge in [0.15, 0.2) is 0 Å². The Balaban J connectivity index is 1.60. The normalized spacial score (nSPS) is 11.1. The first-order valence-electron chi connectivity index (χ1n) is 9.37. The van der Waals surface area contributed by atoms with E-state index in [1.165, 1.54) is 43.3 Å². The molecule has 3 aromatic carbocycles. The number of sulfonamides is 1. The van der Waals surface area contributed by atoms with Crippen LogP contribution in [0, 0.1) is 5.82 Å². The lowest BCUT2D eigenvalue weighted by Crippen LogP contribution is -2.23. The summed E-state index contributed by atoms with van der Waals surface area (Å²) in [7, 11) is -3.76. The molecule has 0 aliphatic rings. The number of rotatable bonds is 7.